The zero-order chi connectivity index (χ0) is 18.4. The third-order valence-corrected chi connectivity index (χ3v) is 4.32. The number of methoxy groups -OCH3 is 1. The molecule has 1 N–H and O–H groups in total. The van der Waals surface area contributed by atoms with Crippen molar-refractivity contribution in [1.82, 2.24) is 5.32 Å². The van der Waals surface area contributed by atoms with Gasteiger partial charge < -0.3 is 14.8 Å². The number of hydrogen-bond donors (Lipinski definition) is 1. The minimum Gasteiger partial charge on any atom is -0.497 e. The van der Waals surface area contributed by atoms with Gasteiger partial charge in [-0.1, -0.05) is 55.5 Å². The van der Waals surface area contributed by atoms with Gasteiger partial charge in [-0.25, -0.2) is 0 Å². The normalized spacial score (nSPS) is 11.8. The second-order valence-electron chi connectivity index (χ2n) is 6.05. The highest BCUT2D eigenvalue weighted by molar-refractivity contribution is 5.86. The largest absolute Gasteiger partial charge is 0.497 e. The number of carbonyl (C=O) groups excluding carboxylic acids is 1. The van der Waals surface area contributed by atoms with Crippen LogP contribution >= 0.6 is 0 Å². The van der Waals surface area contributed by atoms with Crippen molar-refractivity contribution < 1.29 is 14.3 Å². The van der Waals surface area contributed by atoms with E-state index in [2.05, 4.69) is 23.5 Å². The molecule has 134 valence electrons. The van der Waals surface area contributed by atoms with Crippen LogP contribution in [-0.2, 0) is 11.3 Å². The van der Waals surface area contributed by atoms with Crippen molar-refractivity contribution in [3.63, 3.8) is 0 Å². The first-order chi connectivity index (χ1) is 12.7. The van der Waals surface area contributed by atoms with Gasteiger partial charge in [-0.3, -0.25) is 4.79 Å². The summed E-state index contributed by atoms with van der Waals surface area (Å²) in [6.45, 7) is 2.40. The van der Waals surface area contributed by atoms with Crippen LogP contribution in [0.1, 0.15) is 18.9 Å². The van der Waals surface area contributed by atoms with E-state index >= 15 is 0 Å². The van der Waals surface area contributed by atoms with Gasteiger partial charge in [-0.05, 0) is 34.9 Å². The maximum Gasteiger partial charge on any atom is 0.261 e. The van der Waals surface area contributed by atoms with Crippen molar-refractivity contribution in [1.29, 1.82) is 0 Å². The summed E-state index contributed by atoms with van der Waals surface area (Å²) in [5.41, 5.74) is 1.09. The van der Waals surface area contributed by atoms with Crippen LogP contribution in [0.2, 0.25) is 0 Å². The predicted octanol–water partition coefficient (Wildman–Crippen LogP) is 4.32. The molecule has 0 bridgehead atoms. The van der Waals surface area contributed by atoms with E-state index < -0.39 is 6.10 Å². The zero-order valence-corrected chi connectivity index (χ0v) is 15.1. The summed E-state index contributed by atoms with van der Waals surface area (Å²) in [5.74, 6) is 1.20. The summed E-state index contributed by atoms with van der Waals surface area (Å²) in [4.78, 5) is 12.6. The Bertz CT molecular complexity index is 886. The van der Waals surface area contributed by atoms with Crippen molar-refractivity contribution in [2.75, 3.05) is 7.11 Å². The van der Waals surface area contributed by atoms with E-state index in [1.54, 1.807) is 13.2 Å². The van der Waals surface area contributed by atoms with E-state index in [1.807, 2.05) is 49.4 Å². The molecule has 0 heterocycles. The average molecular weight is 349 g/mol. The first-order valence-electron chi connectivity index (χ1n) is 8.76. The summed E-state index contributed by atoms with van der Waals surface area (Å²) in [7, 11) is 1.60. The van der Waals surface area contributed by atoms with Crippen molar-refractivity contribution in [3.05, 3.63) is 72.3 Å². The molecule has 3 rings (SSSR count). The minimum absolute atomic E-state index is 0.122. The van der Waals surface area contributed by atoms with Gasteiger partial charge in [0.25, 0.3) is 5.91 Å². The van der Waals surface area contributed by atoms with Crippen LogP contribution in [0.5, 0.6) is 11.5 Å². The Balaban J connectivity index is 1.67. The van der Waals surface area contributed by atoms with E-state index in [4.69, 9.17) is 9.47 Å². The number of hydrogen-bond acceptors (Lipinski definition) is 3. The fraction of sp³-hybridized carbons (Fsp3) is 0.227. The SMILES string of the molecule is CC[C@@H](Oc1cccc(OC)c1)C(=O)NCc1cccc2ccccc12. The summed E-state index contributed by atoms with van der Waals surface area (Å²) >= 11 is 0. The molecule has 0 spiro atoms. The summed E-state index contributed by atoms with van der Waals surface area (Å²) < 4.78 is 11.0. The summed E-state index contributed by atoms with van der Waals surface area (Å²) in [5, 5.41) is 5.31. The number of fused-ring (bicyclic) bond motifs is 1. The van der Waals surface area contributed by atoms with Crippen LogP contribution in [0.3, 0.4) is 0 Å². The van der Waals surface area contributed by atoms with Gasteiger partial charge in [0, 0.05) is 12.6 Å². The van der Waals surface area contributed by atoms with Crippen LogP contribution < -0.4 is 14.8 Å². The maximum absolute atomic E-state index is 12.6. The third-order valence-electron chi connectivity index (χ3n) is 4.32. The van der Waals surface area contributed by atoms with Crippen molar-refractivity contribution >= 4 is 16.7 Å². The molecule has 1 amide bonds. The standard InChI is InChI=1S/C22H23NO3/c1-3-21(26-19-12-7-11-18(14-19)25-2)22(24)23-15-17-10-6-9-16-8-4-5-13-20(16)17/h4-14,21H,3,15H2,1-2H3,(H,23,24)/t21-/m1/s1. The predicted molar refractivity (Wildman–Crippen MR) is 103 cm³/mol. The maximum atomic E-state index is 12.6. The number of amides is 1. The molecule has 3 aromatic carbocycles. The first kappa shape index (κ1) is 17.8. The molecular weight excluding hydrogens is 326 g/mol. The Hall–Kier alpha value is -3.01. The lowest BCUT2D eigenvalue weighted by Crippen LogP contribution is -2.37. The van der Waals surface area contributed by atoms with Crippen molar-refractivity contribution in [2.24, 2.45) is 0 Å². The van der Waals surface area contributed by atoms with Gasteiger partial charge in [-0.2, -0.15) is 0 Å². The number of carbonyl (C=O) groups is 1. The van der Waals surface area contributed by atoms with E-state index in [0.29, 0.717) is 24.5 Å². The molecule has 26 heavy (non-hydrogen) atoms. The number of benzene rings is 3. The van der Waals surface area contributed by atoms with Gasteiger partial charge in [0.2, 0.25) is 0 Å². The van der Waals surface area contributed by atoms with E-state index in [-0.39, 0.29) is 5.91 Å². The topological polar surface area (TPSA) is 47.6 Å². The number of nitrogens with one attached hydrogen (secondary N) is 1. The zero-order valence-electron chi connectivity index (χ0n) is 15.1. The fourth-order valence-electron chi connectivity index (χ4n) is 2.90. The van der Waals surface area contributed by atoms with Crippen LogP contribution in [-0.4, -0.2) is 19.1 Å². The third kappa shape index (κ3) is 4.14. The van der Waals surface area contributed by atoms with Crippen LogP contribution in [0.25, 0.3) is 10.8 Å². The van der Waals surface area contributed by atoms with Gasteiger partial charge in [0.1, 0.15) is 11.5 Å². The first-order valence-corrected chi connectivity index (χ1v) is 8.76. The minimum atomic E-state index is -0.544. The summed E-state index contributed by atoms with van der Waals surface area (Å²) in [6, 6.07) is 21.6. The molecule has 1 atom stereocenters. The molecule has 0 unspecified atom stereocenters. The molecule has 0 aliphatic heterocycles. The second kappa shape index (κ2) is 8.39. The summed E-state index contributed by atoms with van der Waals surface area (Å²) in [6.07, 6.45) is 0.0376. The lowest BCUT2D eigenvalue weighted by molar-refractivity contribution is -0.128. The Kier molecular flexibility index (Phi) is 5.74. The highest BCUT2D eigenvalue weighted by atomic mass is 16.5. The van der Waals surface area contributed by atoms with Crippen LogP contribution in [0.4, 0.5) is 0 Å². The molecule has 0 radical (unpaired) electrons. The Morgan fingerprint density at radius 2 is 1.73 bits per heavy atom. The monoisotopic (exact) mass is 349 g/mol. The average Bonchev–Trinajstić information content (AvgIpc) is 2.70. The van der Waals surface area contributed by atoms with E-state index in [9.17, 15) is 4.79 Å². The molecule has 0 aliphatic carbocycles. The molecule has 0 aliphatic rings. The molecule has 4 nitrogen and oxygen atoms in total. The molecule has 3 aromatic rings. The Labute approximate surface area is 153 Å². The second-order valence-corrected chi connectivity index (χ2v) is 6.05. The van der Waals surface area contributed by atoms with Crippen molar-refractivity contribution in [2.45, 2.75) is 26.0 Å². The van der Waals surface area contributed by atoms with Gasteiger partial charge in [0.15, 0.2) is 6.10 Å². The molecule has 0 fully saturated rings. The van der Waals surface area contributed by atoms with E-state index in [1.165, 1.54) is 5.39 Å². The lowest BCUT2D eigenvalue weighted by atomic mass is 10.0. The van der Waals surface area contributed by atoms with E-state index in [0.717, 1.165) is 10.9 Å². The quantitative estimate of drug-likeness (QED) is 0.691. The van der Waals surface area contributed by atoms with Gasteiger partial charge in [0.05, 0.1) is 7.11 Å². The lowest BCUT2D eigenvalue weighted by Gasteiger charge is -2.18. The van der Waals surface area contributed by atoms with Crippen LogP contribution in [0, 0.1) is 0 Å². The highest BCUT2D eigenvalue weighted by Gasteiger charge is 2.18. The molecule has 0 saturated carbocycles. The Morgan fingerprint density at radius 3 is 2.54 bits per heavy atom. The fourth-order valence-corrected chi connectivity index (χ4v) is 2.90. The molecule has 0 aromatic heterocycles. The molecule has 4 heteroatoms. The van der Waals surface area contributed by atoms with Gasteiger partial charge in [-0.15, -0.1) is 0 Å². The molecular formula is C22H23NO3. The highest BCUT2D eigenvalue weighted by Crippen LogP contribution is 2.21. The van der Waals surface area contributed by atoms with Gasteiger partial charge >= 0.3 is 0 Å². The van der Waals surface area contributed by atoms with Crippen LogP contribution in [0.15, 0.2) is 66.7 Å². The number of ether oxygens (including phenoxy) is 2. The van der Waals surface area contributed by atoms with Crippen molar-refractivity contribution in [3.8, 4) is 11.5 Å². The molecule has 0 saturated heterocycles. The number of rotatable bonds is 7. The smallest absolute Gasteiger partial charge is 0.261 e. The Morgan fingerprint density at radius 1 is 1.00 bits per heavy atom.